The predicted octanol–water partition coefficient (Wildman–Crippen LogP) is 3.54. The minimum Gasteiger partial charge on any atom is -0.465 e. The Labute approximate surface area is 144 Å². The number of ether oxygens (including phenoxy) is 1. The maximum absolute atomic E-state index is 13.2. The van der Waals surface area contributed by atoms with Crippen LogP contribution >= 0.6 is 0 Å². The van der Waals surface area contributed by atoms with Crippen molar-refractivity contribution in [2.24, 2.45) is 5.92 Å². The van der Waals surface area contributed by atoms with E-state index in [2.05, 4.69) is 0 Å². The molecule has 0 saturated carbocycles. The fourth-order valence-corrected chi connectivity index (χ4v) is 2.72. The minimum absolute atomic E-state index is 0.116. The molecule has 1 aromatic carbocycles. The minimum atomic E-state index is -1.15. The van der Waals surface area contributed by atoms with Crippen LogP contribution in [0, 0.1) is 11.7 Å². The first kappa shape index (κ1) is 18.6. The smallest absolute Gasteiger partial charge is 0.317 e. The third-order valence-electron chi connectivity index (χ3n) is 3.88. The molecule has 2 unspecified atom stereocenters. The highest BCUT2D eigenvalue weighted by molar-refractivity contribution is 6.01. The summed E-state index contributed by atoms with van der Waals surface area (Å²) in [7, 11) is 0. The second-order valence-corrected chi connectivity index (χ2v) is 5.60. The zero-order valence-corrected chi connectivity index (χ0v) is 14.0. The van der Waals surface area contributed by atoms with E-state index in [9.17, 15) is 18.8 Å². The van der Waals surface area contributed by atoms with Gasteiger partial charge < -0.3 is 9.15 Å². The molecule has 0 N–H and O–H groups in total. The van der Waals surface area contributed by atoms with Crippen LogP contribution in [0.2, 0.25) is 0 Å². The predicted molar refractivity (Wildman–Crippen MR) is 87.6 cm³/mol. The first-order valence-electron chi connectivity index (χ1n) is 7.93. The first-order chi connectivity index (χ1) is 11.9. The second-order valence-electron chi connectivity index (χ2n) is 5.60. The lowest BCUT2D eigenvalue weighted by atomic mass is 9.80. The summed E-state index contributed by atoms with van der Waals surface area (Å²) in [6.07, 6.45) is 1.23. The van der Waals surface area contributed by atoms with Gasteiger partial charge in [0.05, 0.1) is 12.9 Å². The van der Waals surface area contributed by atoms with E-state index in [1.807, 2.05) is 0 Å². The summed E-state index contributed by atoms with van der Waals surface area (Å²) in [6.45, 7) is 3.02. The number of furan rings is 1. The zero-order valence-electron chi connectivity index (χ0n) is 14.0. The van der Waals surface area contributed by atoms with E-state index in [1.54, 1.807) is 13.0 Å². The quantitative estimate of drug-likeness (QED) is 0.415. The lowest BCUT2D eigenvalue weighted by Gasteiger charge is -2.23. The van der Waals surface area contributed by atoms with Crippen molar-refractivity contribution in [3.8, 4) is 0 Å². The molecule has 1 heterocycles. The number of carbonyl (C=O) groups is 3. The van der Waals surface area contributed by atoms with E-state index in [0.717, 1.165) is 0 Å². The van der Waals surface area contributed by atoms with Crippen molar-refractivity contribution in [3.63, 3.8) is 0 Å². The van der Waals surface area contributed by atoms with Gasteiger partial charge in [-0.2, -0.15) is 0 Å². The molecule has 0 amide bonds. The Bertz CT molecular complexity index is 734. The van der Waals surface area contributed by atoms with Crippen LogP contribution in [0.4, 0.5) is 4.39 Å². The maximum Gasteiger partial charge on any atom is 0.317 e. The van der Waals surface area contributed by atoms with Gasteiger partial charge in [-0.25, -0.2) is 4.39 Å². The Morgan fingerprint density at radius 2 is 1.84 bits per heavy atom. The zero-order chi connectivity index (χ0) is 18.4. The third kappa shape index (κ3) is 4.62. The van der Waals surface area contributed by atoms with Crippen molar-refractivity contribution < 1.29 is 27.9 Å². The highest BCUT2D eigenvalue weighted by Crippen LogP contribution is 2.32. The lowest BCUT2D eigenvalue weighted by Crippen LogP contribution is -2.32. The topological polar surface area (TPSA) is 73.6 Å². The molecule has 0 bridgehead atoms. The summed E-state index contributed by atoms with van der Waals surface area (Å²) in [5, 5.41) is 0. The maximum atomic E-state index is 13.2. The molecule has 25 heavy (non-hydrogen) atoms. The van der Waals surface area contributed by atoms with Crippen LogP contribution in [0.3, 0.4) is 0 Å². The number of hydrogen-bond acceptors (Lipinski definition) is 5. The van der Waals surface area contributed by atoms with Crippen LogP contribution < -0.4 is 0 Å². The van der Waals surface area contributed by atoms with Gasteiger partial charge in [-0.05, 0) is 43.7 Å². The summed E-state index contributed by atoms with van der Waals surface area (Å²) < 4.78 is 23.3. The van der Waals surface area contributed by atoms with E-state index in [0.29, 0.717) is 5.56 Å². The normalized spacial score (nSPS) is 13.1. The van der Waals surface area contributed by atoms with E-state index in [1.165, 1.54) is 43.5 Å². The van der Waals surface area contributed by atoms with Crippen LogP contribution in [0.1, 0.15) is 42.3 Å². The van der Waals surface area contributed by atoms with Crippen LogP contribution in [0.5, 0.6) is 0 Å². The van der Waals surface area contributed by atoms with Gasteiger partial charge in [-0.3, -0.25) is 14.4 Å². The van der Waals surface area contributed by atoms with Gasteiger partial charge in [0.15, 0.2) is 11.5 Å². The average Bonchev–Trinajstić information content (AvgIpc) is 3.09. The van der Waals surface area contributed by atoms with E-state index in [-0.39, 0.29) is 24.6 Å². The number of benzene rings is 1. The molecule has 2 rings (SSSR count). The molecule has 0 aliphatic heterocycles. The van der Waals surface area contributed by atoms with Crippen molar-refractivity contribution in [1.29, 1.82) is 0 Å². The molecule has 2 aromatic rings. The van der Waals surface area contributed by atoms with Crippen molar-refractivity contribution in [3.05, 3.63) is 59.8 Å². The number of halogens is 1. The number of rotatable bonds is 8. The molecule has 0 saturated heterocycles. The molecule has 0 fully saturated rings. The van der Waals surface area contributed by atoms with Crippen molar-refractivity contribution in [1.82, 2.24) is 0 Å². The molecule has 6 heteroatoms. The summed E-state index contributed by atoms with van der Waals surface area (Å²) in [5.74, 6) is -3.70. The summed E-state index contributed by atoms with van der Waals surface area (Å²) in [4.78, 5) is 36.8. The van der Waals surface area contributed by atoms with Crippen molar-refractivity contribution >= 4 is 17.5 Å². The Balaban J connectivity index is 2.39. The standard InChI is InChI=1S/C19H19FO5/c1-3-24-19(23)18(12(2)21)15(13-6-8-14(20)9-7-13)11-16(22)17-5-4-10-25-17/h4-10,15,18H,3,11H2,1-2H3. The molecule has 0 aliphatic carbocycles. The lowest BCUT2D eigenvalue weighted by molar-refractivity contribution is -0.152. The summed E-state index contributed by atoms with van der Waals surface area (Å²) in [5.41, 5.74) is 0.509. The van der Waals surface area contributed by atoms with Gasteiger partial charge in [-0.1, -0.05) is 12.1 Å². The number of carbonyl (C=O) groups excluding carboxylic acids is 3. The van der Waals surface area contributed by atoms with Crippen molar-refractivity contribution in [2.75, 3.05) is 6.61 Å². The van der Waals surface area contributed by atoms with Gasteiger partial charge in [0.25, 0.3) is 0 Å². The summed E-state index contributed by atoms with van der Waals surface area (Å²) >= 11 is 0. The Morgan fingerprint density at radius 3 is 2.36 bits per heavy atom. The highest BCUT2D eigenvalue weighted by Gasteiger charge is 2.36. The number of hydrogen-bond donors (Lipinski definition) is 0. The van der Waals surface area contributed by atoms with E-state index < -0.39 is 29.4 Å². The Hall–Kier alpha value is -2.76. The molecular weight excluding hydrogens is 327 g/mol. The van der Waals surface area contributed by atoms with Crippen molar-refractivity contribution in [2.45, 2.75) is 26.2 Å². The first-order valence-corrected chi connectivity index (χ1v) is 7.93. The van der Waals surface area contributed by atoms with Crippen LogP contribution in [-0.4, -0.2) is 24.1 Å². The summed E-state index contributed by atoms with van der Waals surface area (Å²) in [6, 6.07) is 8.46. The Kier molecular flexibility index (Phi) is 6.22. The van der Waals surface area contributed by atoms with E-state index in [4.69, 9.17) is 9.15 Å². The van der Waals surface area contributed by atoms with E-state index >= 15 is 0 Å². The number of ketones is 2. The molecule has 0 spiro atoms. The van der Waals surface area contributed by atoms with Gasteiger partial charge in [0, 0.05) is 12.3 Å². The molecule has 132 valence electrons. The van der Waals surface area contributed by atoms with Gasteiger partial charge >= 0.3 is 5.97 Å². The second kappa shape index (κ2) is 8.37. The monoisotopic (exact) mass is 346 g/mol. The van der Waals surface area contributed by atoms with Gasteiger partial charge in [0.1, 0.15) is 17.5 Å². The third-order valence-corrected chi connectivity index (χ3v) is 3.88. The van der Waals surface area contributed by atoms with Crippen LogP contribution in [-0.2, 0) is 14.3 Å². The molecule has 0 aliphatic rings. The van der Waals surface area contributed by atoms with Gasteiger partial charge in [-0.15, -0.1) is 0 Å². The fourth-order valence-electron chi connectivity index (χ4n) is 2.72. The van der Waals surface area contributed by atoms with Crippen LogP contribution in [0.25, 0.3) is 0 Å². The largest absolute Gasteiger partial charge is 0.465 e. The molecular formula is C19H19FO5. The molecule has 0 radical (unpaired) electrons. The average molecular weight is 346 g/mol. The van der Waals surface area contributed by atoms with Crippen LogP contribution in [0.15, 0.2) is 47.1 Å². The SMILES string of the molecule is CCOC(=O)C(C(C)=O)C(CC(=O)c1ccco1)c1ccc(F)cc1. The number of esters is 1. The Morgan fingerprint density at radius 1 is 1.16 bits per heavy atom. The molecule has 2 atom stereocenters. The van der Waals surface area contributed by atoms with Gasteiger partial charge in [0.2, 0.25) is 0 Å². The number of Topliss-reactive ketones (excluding diaryl/α,β-unsaturated/α-hetero) is 2. The molecule has 1 aromatic heterocycles. The molecule has 5 nitrogen and oxygen atoms in total. The highest BCUT2D eigenvalue weighted by atomic mass is 19.1. The fraction of sp³-hybridized carbons (Fsp3) is 0.316.